The van der Waals surface area contributed by atoms with Crippen LogP contribution < -0.4 is 0 Å². The summed E-state index contributed by atoms with van der Waals surface area (Å²) in [6.07, 6.45) is 4.91. The molecule has 34 heavy (non-hydrogen) atoms. The lowest BCUT2D eigenvalue weighted by Crippen LogP contribution is -2.38. The van der Waals surface area contributed by atoms with Gasteiger partial charge >= 0.3 is 0 Å². The van der Waals surface area contributed by atoms with Crippen LogP contribution in [0.4, 0.5) is 4.39 Å². The Balaban J connectivity index is 1.38. The van der Waals surface area contributed by atoms with E-state index in [0.29, 0.717) is 22.9 Å². The van der Waals surface area contributed by atoms with Crippen molar-refractivity contribution in [3.63, 3.8) is 0 Å². The van der Waals surface area contributed by atoms with Crippen LogP contribution in [-0.4, -0.2) is 29.4 Å². The third-order valence-corrected chi connectivity index (χ3v) is 10.7. The minimum Gasteiger partial charge on any atom is -0.387 e. The first-order chi connectivity index (χ1) is 16.2. The SMILES string of the molecule is C[C@]12Cc3cnn(-c4ccc(F)cc4)c3C=C1CC[C@@H]2[C@@H](O)C1=C(Br)c2ccccc2S1(=O)=O. The van der Waals surface area contributed by atoms with Gasteiger partial charge in [-0.05, 0) is 88.5 Å². The number of hydrogen-bond acceptors (Lipinski definition) is 4. The second-order valence-electron chi connectivity index (χ2n) is 9.47. The van der Waals surface area contributed by atoms with E-state index in [1.165, 1.54) is 17.7 Å². The van der Waals surface area contributed by atoms with Crippen molar-refractivity contribution in [3.05, 3.63) is 87.8 Å². The summed E-state index contributed by atoms with van der Waals surface area (Å²) in [5.74, 6) is -0.555. The largest absolute Gasteiger partial charge is 0.387 e. The molecule has 0 unspecified atom stereocenters. The van der Waals surface area contributed by atoms with Crippen molar-refractivity contribution in [2.24, 2.45) is 11.3 Å². The first-order valence-electron chi connectivity index (χ1n) is 11.2. The van der Waals surface area contributed by atoms with Crippen LogP contribution in [0, 0.1) is 17.2 Å². The van der Waals surface area contributed by atoms with E-state index >= 15 is 0 Å². The summed E-state index contributed by atoms with van der Waals surface area (Å²) < 4.78 is 42.3. The zero-order chi connectivity index (χ0) is 23.8. The zero-order valence-corrected chi connectivity index (χ0v) is 20.8. The molecule has 0 radical (unpaired) electrons. The van der Waals surface area contributed by atoms with E-state index in [1.54, 1.807) is 36.4 Å². The summed E-state index contributed by atoms with van der Waals surface area (Å²) in [6.45, 7) is 2.11. The molecule has 1 fully saturated rings. The summed E-state index contributed by atoms with van der Waals surface area (Å²) in [5.41, 5.74) is 4.14. The van der Waals surface area contributed by atoms with Crippen molar-refractivity contribution in [1.82, 2.24) is 9.78 Å². The van der Waals surface area contributed by atoms with Gasteiger partial charge in [-0.25, -0.2) is 17.5 Å². The van der Waals surface area contributed by atoms with Gasteiger partial charge in [0.15, 0.2) is 0 Å². The number of hydrogen-bond donors (Lipinski definition) is 1. The van der Waals surface area contributed by atoms with Gasteiger partial charge in [-0.2, -0.15) is 5.10 Å². The average Bonchev–Trinajstić information content (AvgIpc) is 3.42. The third kappa shape index (κ3) is 2.98. The number of fused-ring (bicyclic) bond motifs is 3. The van der Waals surface area contributed by atoms with E-state index in [-0.39, 0.29) is 21.5 Å². The monoisotopic (exact) mass is 540 g/mol. The molecule has 2 aromatic carbocycles. The molecule has 6 rings (SSSR count). The van der Waals surface area contributed by atoms with Gasteiger partial charge in [-0.3, -0.25) is 0 Å². The van der Waals surface area contributed by atoms with Gasteiger partial charge in [-0.1, -0.05) is 30.7 Å². The Hall–Kier alpha value is -2.55. The number of aliphatic hydroxyl groups is 1. The number of nitrogens with zero attached hydrogens (tertiary/aromatic N) is 2. The van der Waals surface area contributed by atoms with Crippen LogP contribution in [0.25, 0.3) is 16.2 Å². The molecular weight excluding hydrogens is 519 g/mol. The van der Waals surface area contributed by atoms with Crippen LogP contribution in [0.15, 0.2) is 70.1 Å². The molecule has 2 heterocycles. The fraction of sp³-hybridized carbons (Fsp3) is 0.269. The summed E-state index contributed by atoms with van der Waals surface area (Å²) >= 11 is 3.48. The smallest absolute Gasteiger partial charge is 0.207 e. The molecule has 1 aromatic heterocycles. The molecule has 0 spiro atoms. The van der Waals surface area contributed by atoms with Crippen molar-refractivity contribution in [1.29, 1.82) is 0 Å². The molecule has 3 atom stereocenters. The molecule has 5 nitrogen and oxygen atoms in total. The van der Waals surface area contributed by atoms with Crippen molar-refractivity contribution in [3.8, 4) is 5.69 Å². The quantitative estimate of drug-likeness (QED) is 0.490. The van der Waals surface area contributed by atoms with E-state index in [1.807, 2.05) is 10.9 Å². The van der Waals surface area contributed by atoms with Crippen LogP contribution in [0.3, 0.4) is 0 Å². The normalized spacial score (nSPS) is 25.5. The molecule has 1 N–H and O–H groups in total. The van der Waals surface area contributed by atoms with Crippen LogP contribution in [0.1, 0.15) is 36.6 Å². The molecule has 3 aliphatic rings. The van der Waals surface area contributed by atoms with Gasteiger partial charge in [0, 0.05) is 10.0 Å². The molecule has 3 aromatic rings. The average molecular weight is 541 g/mol. The number of allylic oxidation sites excluding steroid dienone is 1. The summed E-state index contributed by atoms with van der Waals surface area (Å²) in [6, 6.07) is 13.1. The predicted molar refractivity (Wildman–Crippen MR) is 132 cm³/mol. The van der Waals surface area contributed by atoms with Gasteiger partial charge in [-0.15, -0.1) is 0 Å². The van der Waals surface area contributed by atoms with Gasteiger partial charge in [0.2, 0.25) is 9.84 Å². The molecule has 2 aliphatic carbocycles. The highest BCUT2D eigenvalue weighted by molar-refractivity contribution is 9.15. The van der Waals surface area contributed by atoms with E-state index in [2.05, 4.69) is 34.0 Å². The fourth-order valence-electron chi connectivity index (χ4n) is 5.89. The minimum atomic E-state index is -3.78. The number of aromatic nitrogens is 2. The lowest BCUT2D eigenvalue weighted by molar-refractivity contribution is 0.0893. The highest BCUT2D eigenvalue weighted by Gasteiger charge is 2.52. The first-order valence-corrected chi connectivity index (χ1v) is 13.5. The topological polar surface area (TPSA) is 72.2 Å². The summed E-state index contributed by atoms with van der Waals surface area (Å²) in [4.78, 5) is 0.301. The van der Waals surface area contributed by atoms with Crippen LogP contribution in [0.2, 0.25) is 0 Å². The molecule has 0 bridgehead atoms. The van der Waals surface area contributed by atoms with Crippen molar-refractivity contribution in [2.75, 3.05) is 0 Å². The van der Waals surface area contributed by atoms with Gasteiger partial charge in [0.05, 0.1) is 33.5 Å². The Kier molecular flexibility index (Phi) is 4.82. The maximum Gasteiger partial charge on any atom is 0.207 e. The number of rotatable bonds is 3. The number of sulfone groups is 1. The molecule has 0 saturated heterocycles. The molecule has 8 heteroatoms. The highest BCUT2D eigenvalue weighted by Crippen LogP contribution is 2.57. The Morgan fingerprint density at radius 3 is 2.68 bits per heavy atom. The Morgan fingerprint density at radius 2 is 1.94 bits per heavy atom. The van der Waals surface area contributed by atoms with Crippen LogP contribution >= 0.6 is 15.9 Å². The van der Waals surface area contributed by atoms with Crippen molar-refractivity contribution >= 4 is 36.3 Å². The summed E-state index contributed by atoms with van der Waals surface area (Å²) in [5, 5.41) is 16.1. The second kappa shape index (κ2) is 7.47. The van der Waals surface area contributed by atoms with E-state index in [4.69, 9.17) is 0 Å². The molecule has 0 amide bonds. The Labute approximate surface area is 205 Å². The third-order valence-electron chi connectivity index (χ3n) is 7.67. The van der Waals surface area contributed by atoms with Crippen LogP contribution in [0.5, 0.6) is 0 Å². The van der Waals surface area contributed by atoms with Gasteiger partial charge in [0.1, 0.15) is 5.82 Å². The lowest BCUT2D eigenvalue weighted by Gasteiger charge is -2.38. The minimum absolute atomic E-state index is 0.0639. The predicted octanol–water partition coefficient (Wildman–Crippen LogP) is 5.28. The maximum absolute atomic E-state index is 13.4. The van der Waals surface area contributed by atoms with Crippen LogP contribution in [-0.2, 0) is 16.3 Å². The van der Waals surface area contributed by atoms with E-state index in [0.717, 1.165) is 23.4 Å². The second-order valence-corrected chi connectivity index (χ2v) is 12.2. The van der Waals surface area contributed by atoms with Gasteiger partial charge < -0.3 is 5.11 Å². The number of halogens is 2. The zero-order valence-electron chi connectivity index (χ0n) is 18.4. The first kappa shape index (κ1) is 21.9. The highest BCUT2D eigenvalue weighted by atomic mass is 79.9. The van der Waals surface area contributed by atoms with Crippen molar-refractivity contribution < 1.29 is 17.9 Å². The maximum atomic E-state index is 13.4. The number of benzene rings is 2. The number of aliphatic hydroxyl groups excluding tert-OH is 1. The molecule has 174 valence electrons. The molecular formula is C26H22BrFN2O3S. The fourth-order valence-corrected chi connectivity index (χ4v) is 9.03. The summed E-state index contributed by atoms with van der Waals surface area (Å²) in [7, 11) is -3.78. The lowest BCUT2D eigenvalue weighted by atomic mass is 9.68. The Morgan fingerprint density at radius 1 is 1.21 bits per heavy atom. The van der Waals surface area contributed by atoms with E-state index in [9.17, 15) is 17.9 Å². The molecule has 1 saturated carbocycles. The molecule has 1 aliphatic heterocycles. The van der Waals surface area contributed by atoms with Gasteiger partial charge in [0.25, 0.3) is 0 Å². The standard InChI is InChI=1S/C26H22BrFN2O3S/c1-26-13-15-14-29-30(18-9-7-17(28)8-10-18)21(15)12-16(26)6-11-20(26)24(31)25-23(27)19-4-2-3-5-22(19)34(25,32)33/h2-5,7-10,12,14,20,24,31H,6,11,13H2,1H3/t20-,24-,26+/m1/s1. The van der Waals surface area contributed by atoms with Crippen molar-refractivity contribution in [2.45, 2.75) is 37.2 Å². The Bertz CT molecular complexity index is 1510. The van der Waals surface area contributed by atoms with E-state index < -0.39 is 21.4 Å².